The highest BCUT2D eigenvalue weighted by Gasteiger charge is 2.26. The molecule has 0 amide bonds. The predicted molar refractivity (Wildman–Crippen MR) is 114 cm³/mol. The highest BCUT2D eigenvalue weighted by atomic mass is 16.5. The molecule has 1 aliphatic rings. The Morgan fingerprint density at radius 1 is 0.654 bits per heavy atom. The number of unbranched alkanes of at least 4 members (excludes halogenated alkanes) is 15. The Bertz CT molecular complexity index is 279. The van der Waals surface area contributed by atoms with Gasteiger partial charge in [-0.05, 0) is 19.3 Å². The van der Waals surface area contributed by atoms with Gasteiger partial charge in [-0.25, -0.2) is 0 Å². The van der Waals surface area contributed by atoms with Crippen LogP contribution in [0.15, 0.2) is 0 Å². The van der Waals surface area contributed by atoms with Gasteiger partial charge in [0.1, 0.15) is 0 Å². The lowest BCUT2D eigenvalue weighted by Gasteiger charge is -2.18. The van der Waals surface area contributed by atoms with Crippen molar-refractivity contribution < 1.29 is 9.84 Å². The van der Waals surface area contributed by atoms with Crippen LogP contribution in [-0.4, -0.2) is 24.4 Å². The van der Waals surface area contributed by atoms with Crippen LogP contribution in [0.2, 0.25) is 0 Å². The van der Waals surface area contributed by atoms with E-state index in [9.17, 15) is 5.11 Å². The predicted octanol–water partition coefficient (Wildman–Crippen LogP) is 7.43. The van der Waals surface area contributed by atoms with E-state index in [0.29, 0.717) is 18.6 Å². The number of aliphatic hydroxyl groups excluding tert-OH is 1. The van der Waals surface area contributed by atoms with Gasteiger partial charge in [0, 0.05) is 19.1 Å². The Morgan fingerprint density at radius 3 is 1.58 bits per heavy atom. The Kier molecular flexibility index (Phi) is 16.9. The molecule has 0 aromatic rings. The van der Waals surface area contributed by atoms with E-state index >= 15 is 0 Å². The first-order valence-corrected chi connectivity index (χ1v) is 12.1. The molecule has 0 aromatic carbocycles. The van der Waals surface area contributed by atoms with E-state index in [2.05, 4.69) is 6.92 Å². The van der Waals surface area contributed by atoms with Crippen molar-refractivity contribution in [2.45, 2.75) is 135 Å². The summed E-state index contributed by atoms with van der Waals surface area (Å²) in [4.78, 5) is 0. The molecule has 2 atom stereocenters. The van der Waals surface area contributed by atoms with E-state index in [-0.39, 0.29) is 0 Å². The molecule has 26 heavy (non-hydrogen) atoms. The molecular weight excluding hydrogens is 320 g/mol. The molecule has 0 aromatic heterocycles. The summed E-state index contributed by atoms with van der Waals surface area (Å²) >= 11 is 0. The molecule has 0 bridgehead atoms. The third kappa shape index (κ3) is 13.1. The maximum atomic E-state index is 9.30. The van der Waals surface area contributed by atoms with Crippen LogP contribution in [-0.2, 0) is 4.74 Å². The zero-order valence-corrected chi connectivity index (χ0v) is 17.9. The molecule has 1 aliphatic carbocycles. The highest BCUT2D eigenvalue weighted by molar-refractivity contribution is 4.77. The second-order valence-corrected chi connectivity index (χ2v) is 8.59. The number of hydrogen-bond donors (Lipinski definition) is 1. The van der Waals surface area contributed by atoms with Gasteiger partial charge in [0.05, 0.1) is 6.10 Å². The summed E-state index contributed by atoms with van der Waals surface area (Å²) in [5.41, 5.74) is 0. The van der Waals surface area contributed by atoms with Crippen LogP contribution in [0.4, 0.5) is 0 Å². The molecule has 1 N–H and O–H groups in total. The number of rotatable bonds is 19. The fraction of sp³-hybridized carbons (Fsp3) is 1.00. The van der Waals surface area contributed by atoms with Crippen molar-refractivity contribution in [1.29, 1.82) is 0 Å². The van der Waals surface area contributed by atoms with Gasteiger partial charge in [-0.2, -0.15) is 0 Å². The largest absolute Gasteiger partial charge is 0.396 e. The Morgan fingerprint density at radius 2 is 1.12 bits per heavy atom. The van der Waals surface area contributed by atoms with Crippen molar-refractivity contribution >= 4 is 0 Å². The van der Waals surface area contributed by atoms with Crippen molar-refractivity contribution in [2.75, 3.05) is 13.2 Å². The normalized spacial score (nSPS) is 20.1. The maximum absolute atomic E-state index is 9.30. The molecule has 0 spiro atoms. The summed E-state index contributed by atoms with van der Waals surface area (Å²) in [7, 11) is 0. The number of aliphatic hydroxyl groups is 1. The van der Waals surface area contributed by atoms with E-state index in [1.807, 2.05) is 0 Å². The molecule has 1 rings (SSSR count). The Balaban J connectivity index is 1.70. The average Bonchev–Trinajstić information content (AvgIpc) is 3.11. The van der Waals surface area contributed by atoms with Gasteiger partial charge in [0.25, 0.3) is 0 Å². The number of ether oxygens (including phenoxy) is 1. The Hall–Kier alpha value is -0.0800. The molecule has 0 heterocycles. The minimum atomic E-state index is 0.309. The van der Waals surface area contributed by atoms with E-state index in [0.717, 1.165) is 19.4 Å². The van der Waals surface area contributed by atoms with Gasteiger partial charge < -0.3 is 9.84 Å². The first-order chi connectivity index (χ1) is 12.9. The summed E-state index contributed by atoms with van der Waals surface area (Å²) in [5.74, 6) is 0.413. The first-order valence-electron chi connectivity index (χ1n) is 12.1. The molecule has 0 aliphatic heterocycles. The molecule has 0 radical (unpaired) electrons. The van der Waals surface area contributed by atoms with Gasteiger partial charge in [-0.15, -0.1) is 0 Å². The van der Waals surface area contributed by atoms with Crippen LogP contribution in [0.5, 0.6) is 0 Å². The molecule has 1 saturated carbocycles. The molecule has 0 unspecified atom stereocenters. The van der Waals surface area contributed by atoms with E-state index < -0.39 is 0 Å². The molecule has 0 saturated heterocycles. The third-order valence-corrected chi connectivity index (χ3v) is 6.15. The second-order valence-electron chi connectivity index (χ2n) is 8.59. The summed E-state index contributed by atoms with van der Waals surface area (Å²) in [6.45, 7) is 3.50. The van der Waals surface area contributed by atoms with Gasteiger partial charge in [-0.1, -0.05) is 110 Å². The number of hydrogen-bond acceptors (Lipinski definition) is 2. The fourth-order valence-corrected chi connectivity index (χ4v) is 4.32. The van der Waals surface area contributed by atoms with Gasteiger partial charge >= 0.3 is 0 Å². The lowest BCUT2D eigenvalue weighted by molar-refractivity contribution is 0.00875. The quantitative estimate of drug-likeness (QED) is 0.240. The molecule has 156 valence electrons. The zero-order chi connectivity index (χ0) is 18.7. The minimum absolute atomic E-state index is 0.309. The van der Waals surface area contributed by atoms with Crippen molar-refractivity contribution in [3.05, 3.63) is 0 Å². The van der Waals surface area contributed by atoms with Crippen LogP contribution < -0.4 is 0 Å². The van der Waals surface area contributed by atoms with Crippen molar-refractivity contribution in [2.24, 2.45) is 5.92 Å². The Labute approximate surface area is 164 Å². The van der Waals surface area contributed by atoms with Crippen molar-refractivity contribution in [3.63, 3.8) is 0 Å². The third-order valence-electron chi connectivity index (χ3n) is 6.15. The first kappa shape index (κ1) is 24.0. The highest BCUT2D eigenvalue weighted by Crippen LogP contribution is 2.27. The average molecular weight is 369 g/mol. The lowest BCUT2D eigenvalue weighted by Crippen LogP contribution is -2.21. The lowest BCUT2D eigenvalue weighted by atomic mass is 10.0. The van der Waals surface area contributed by atoms with Crippen molar-refractivity contribution in [3.8, 4) is 0 Å². The summed E-state index contributed by atoms with van der Waals surface area (Å²) < 4.78 is 5.97. The summed E-state index contributed by atoms with van der Waals surface area (Å²) in [6.07, 6.45) is 26.5. The monoisotopic (exact) mass is 368 g/mol. The molecule has 1 fully saturated rings. The molecule has 2 nitrogen and oxygen atoms in total. The SMILES string of the molecule is CCCCCCCCCCCCCCCCCCO[C@@H]1CCC[C@H]1CO. The van der Waals surface area contributed by atoms with Gasteiger partial charge in [-0.3, -0.25) is 0 Å². The van der Waals surface area contributed by atoms with Gasteiger partial charge in [0.15, 0.2) is 0 Å². The molecular formula is C24H48O2. The van der Waals surface area contributed by atoms with Crippen LogP contribution in [0.3, 0.4) is 0 Å². The molecule has 2 heteroatoms. The minimum Gasteiger partial charge on any atom is -0.396 e. The van der Waals surface area contributed by atoms with E-state index in [1.165, 1.54) is 109 Å². The van der Waals surface area contributed by atoms with Crippen LogP contribution in [0.25, 0.3) is 0 Å². The maximum Gasteiger partial charge on any atom is 0.0625 e. The van der Waals surface area contributed by atoms with E-state index in [4.69, 9.17) is 4.74 Å². The van der Waals surface area contributed by atoms with Crippen molar-refractivity contribution in [1.82, 2.24) is 0 Å². The smallest absolute Gasteiger partial charge is 0.0625 e. The second kappa shape index (κ2) is 18.3. The van der Waals surface area contributed by atoms with Gasteiger partial charge in [0.2, 0.25) is 0 Å². The van der Waals surface area contributed by atoms with Crippen LogP contribution in [0, 0.1) is 5.92 Å². The fourth-order valence-electron chi connectivity index (χ4n) is 4.32. The summed E-state index contributed by atoms with van der Waals surface area (Å²) in [6, 6.07) is 0. The van der Waals surface area contributed by atoms with Crippen LogP contribution in [0.1, 0.15) is 129 Å². The zero-order valence-electron chi connectivity index (χ0n) is 17.9. The van der Waals surface area contributed by atoms with E-state index in [1.54, 1.807) is 0 Å². The van der Waals surface area contributed by atoms with Crippen LogP contribution >= 0.6 is 0 Å². The standard InChI is InChI=1S/C24H48O2/c1-2-3-4-5-6-7-8-9-10-11-12-13-14-15-16-17-21-26-24-20-18-19-23(24)22-25/h23-25H,2-22H2,1H3/t23-,24+/m0/s1. The summed E-state index contributed by atoms with van der Waals surface area (Å²) in [5, 5.41) is 9.30. The topological polar surface area (TPSA) is 29.5 Å².